The van der Waals surface area contributed by atoms with Gasteiger partial charge in [0.2, 0.25) is 0 Å². The Labute approximate surface area is 175 Å². The molecule has 0 amide bonds. The maximum Gasteiger partial charge on any atom is 0.138 e. The first kappa shape index (κ1) is 17.1. The number of phenolic OH excluding ortho intramolecular Hbond substituents is 1. The van der Waals surface area contributed by atoms with Gasteiger partial charge in [-0.25, -0.2) is 0 Å². The Kier molecular flexibility index (Phi) is 3.78. The number of fused-ring (bicyclic) bond motifs is 6. The number of hydrogen-bond donors (Lipinski definition) is 1. The minimum absolute atomic E-state index is 0.340. The van der Waals surface area contributed by atoms with E-state index in [4.69, 9.17) is 4.74 Å². The number of rotatable bonds is 2. The van der Waals surface area contributed by atoms with E-state index >= 15 is 0 Å². The van der Waals surface area contributed by atoms with Crippen molar-refractivity contribution in [1.82, 2.24) is 0 Å². The topological polar surface area (TPSA) is 29.5 Å². The van der Waals surface area contributed by atoms with Gasteiger partial charge in [-0.2, -0.15) is 0 Å². The minimum atomic E-state index is 0.340. The third-order valence-corrected chi connectivity index (χ3v) is 6.08. The molecule has 2 heteroatoms. The Bertz CT molecular complexity index is 1430. The first-order valence-corrected chi connectivity index (χ1v) is 10.3. The second kappa shape index (κ2) is 6.64. The molecule has 0 unspecified atom stereocenters. The van der Waals surface area contributed by atoms with Gasteiger partial charge in [0.25, 0.3) is 0 Å². The molecule has 0 aliphatic carbocycles. The van der Waals surface area contributed by atoms with Crippen molar-refractivity contribution < 1.29 is 9.84 Å². The molecular formula is C28H20O2. The van der Waals surface area contributed by atoms with E-state index in [2.05, 4.69) is 66.7 Å². The van der Waals surface area contributed by atoms with Crippen molar-refractivity contribution >= 4 is 21.5 Å². The molecule has 0 fully saturated rings. The average molecular weight is 388 g/mol. The van der Waals surface area contributed by atoms with Crippen LogP contribution in [0.5, 0.6) is 17.2 Å². The quantitative estimate of drug-likeness (QED) is 0.346. The number of para-hydroxylation sites is 1. The van der Waals surface area contributed by atoms with Gasteiger partial charge in [0.1, 0.15) is 17.2 Å². The number of benzene rings is 5. The van der Waals surface area contributed by atoms with Crippen LogP contribution in [0.2, 0.25) is 0 Å². The molecule has 0 atom stereocenters. The van der Waals surface area contributed by atoms with Crippen LogP contribution in [0.4, 0.5) is 0 Å². The van der Waals surface area contributed by atoms with E-state index in [1.807, 2.05) is 18.2 Å². The van der Waals surface area contributed by atoms with Gasteiger partial charge in [-0.05, 0) is 33.5 Å². The molecule has 1 aliphatic heterocycles. The highest BCUT2D eigenvalue weighted by Gasteiger charge is 2.23. The van der Waals surface area contributed by atoms with Crippen molar-refractivity contribution in [2.24, 2.45) is 0 Å². The zero-order valence-corrected chi connectivity index (χ0v) is 16.4. The third-order valence-electron chi connectivity index (χ3n) is 6.08. The van der Waals surface area contributed by atoms with Gasteiger partial charge >= 0.3 is 0 Å². The van der Waals surface area contributed by atoms with E-state index in [1.54, 1.807) is 6.07 Å². The molecule has 5 aromatic carbocycles. The highest BCUT2D eigenvalue weighted by molar-refractivity contribution is 5.96. The molecule has 30 heavy (non-hydrogen) atoms. The van der Waals surface area contributed by atoms with Gasteiger partial charge in [0.05, 0.1) is 0 Å². The number of aromatic hydroxyl groups is 1. The molecule has 0 bridgehead atoms. The van der Waals surface area contributed by atoms with E-state index in [0.29, 0.717) is 12.2 Å². The zero-order valence-electron chi connectivity index (χ0n) is 16.4. The molecule has 0 aromatic heterocycles. The summed E-state index contributed by atoms with van der Waals surface area (Å²) in [6.07, 6.45) is 1.53. The highest BCUT2D eigenvalue weighted by atomic mass is 16.5. The van der Waals surface area contributed by atoms with Gasteiger partial charge < -0.3 is 9.84 Å². The largest absolute Gasteiger partial charge is 0.508 e. The summed E-state index contributed by atoms with van der Waals surface area (Å²) in [6, 6.07) is 31.0. The molecule has 144 valence electrons. The molecule has 0 radical (unpaired) electrons. The van der Waals surface area contributed by atoms with Crippen LogP contribution in [0.3, 0.4) is 0 Å². The fourth-order valence-corrected chi connectivity index (χ4v) is 4.61. The smallest absolute Gasteiger partial charge is 0.138 e. The van der Waals surface area contributed by atoms with Crippen molar-refractivity contribution in [3.05, 3.63) is 113 Å². The Balaban J connectivity index is 1.54. The molecule has 0 spiro atoms. The maximum atomic E-state index is 10.3. The van der Waals surface area contributed by atoms with Crippen molar-refractivity contribution in [2.75, 3.05) is 0 Å². The predicted molar refractivity (Wildman–Crippen MR) is 122 cm³/mol. The van der Waals surface area contributed by atoms with Gasteiger partial charge in [-0.15, -0.1) is 0 Å². The van der Waals surface area contributed by atoms with Crippen molar-refractivity contribution in [3.63, 3.8) is 0 Å². The van der Waals surface area contributed by atoms with Crippen LogP contribution in [-0.4, -0.2) is 5.11 Å². The van der Waals surface area contributed by atoms with Crippen molar-refractivity contribution in [2.45, 2.75) is 12.8 Å². The maximum absolute atomic E-state index is 10.3. The highest BCUT2D eigenvalue weighted by Crippen LogP contribution is 2.45. The fourth-order valence-electron chi connectivity index (χ4n) is 4.61. The van der Waals surface area contributed by atoms with Crippen LogP contribution in [0.15, 0.2) is 91.0 Å². The number of phenols is 1. The molecule has 2 nitrogen and oxygen atoms in total. The van der Waals surface area contributed by atoms with E-state index in [0.717, 1.165) is 34.3 Å². The molecule has 1 aliphatic rings. The minimum Gasteiger partial charge on any atom is -0.508 e. The van der Waals surface area contributed by atoms with Gasteiger partial charge in [0.15, 0.2) is 0 Å². The second-order valence-corrected chi connectivity index (χ2v) is 7.93. The predicted octanol–water partition coefficient (Wildman–Crippen LogP) is 6.99. The van der Waals surface area contributed by atoms with Crippen LogP contribution >= 0.6 is 0 Å². The van der Waals surface area contributed by atoms with Gasteiger partial charge in [-0.3, -0.25) is 0 Å². The fraction of sp³-hybridized carbons (Fsp3) is 0.0714. The molecule has 0 saturated heterocycles. The summed E-state index contributed by atoms with van der Waals surface area (Å²) in [5, 5.41) is 14.9. The van der Waals surface area contributed by atoms with Crippen molar-refractivity contribution in [3.8, 4) is 17.2 Å². The van der Waals surface area contributed by atoms with Crippen LogP contribution < -0.4 is 4.74 Å². The van der Waals surface area contributed by atoms with Crippen molar-refractivity contribution in [1.29, 1.82) is 0 Å². The summed E-state index contributed by atoms with van der Waals surface area (Å²) in [6.45, 7) is 0. The number of hydrogen-bond acceptors (Lipinski definition) is 2. The van der Waals surface area contributed by atoms with E-state index < -0.39 is 0 Å². The Morgan fingerprint density at radius 3 is 2.20 bits per heavy atom. The Hall–Kier alpha value is -3.78. The standard InChI is InChI=1S/C28H20O2/c29-26-12-6-2-8-19(26)15-21-17-22-16-20-14-13-18-7-1-3-10-24(18)27(20)30-28(22)25-11-5-4-9-23(21)25/h1-14,17,29H,15-16H2. The lowest BCUT2D eigenvalue weighted by Gasteiger charge is -2.24. The molecular weight excluding hydrogens is 368 g/mol. The summed E-state index contributed by atoms with van der Waals surface area (Å²) in [4.78, 5) is 0. The third kappa shape index (κ3) is 2.65. The van der Waals surface area contributed by atoms with E-state index in [9.17, 15) is 5.11 Å². The van der Waals surface area contributed by atoms with E-state index in [-0.39, 0.29) is 0 Å². The molecule has 5 aromatic rings. The van der Waals surface area contributed by atoms with Crippen LogP contribution in [0, 0.1) is 0 Å². The van der Waals surface area contributed by atoms with Crippen LogP contribution in [-0.2, 0) is 12.8 Å². The second-order valence-electron chi connectivity index (χ2n) is 7.93. The molecule has 1 N–H and O–H groups in total. The first-order chi connectivity index (χ1) is 14.8. The Morgan fingerprint density at radius 2 is 1.33 bits per heavy atom. The summed E-state index contributed by atoms with van der Waals surface area (Å²) < 4.78 is 6.58. The van der Waals surface area contributed by atoms with Gasteiger partial charge in [-0.1, -0.05) is 84.9 Å². The van der Waals surface area contributed by atoms with E-state index in [1.165, 1.54) is 27.5 Å². The summed E-state index contributed by atoms with van der Waals surface area (Å²) >= 11 is 0. The molecule has 0 saturated carbocycles. The zero-order chi connectivity index (χ0) is 20.1. The summed E-state index contributed by atoms with van der Waals surface area (Å²) in [5.74, 6) is 2.27. The Morgan fingerprint density at radius 1 is 0.633 bits per heavy atom. The number of ether oxygens (including phenoxy) is 1. The lowest BCUT2D eigenvalue weighted by atomic mass is 9.90. The molecule has 1 heterocycles. The summed E-state index contributed by atoms with van der Waals surface area (Å²) in [5.41, 5.74) is 4.55. The average Bonchev–Trinajstić information content (AvgIpc) is 2.79. The lowest BCUT2D eigenvalue weighted by Crippen LogP contribution is -2.06. The first-order valence-electron chi connectivity index (χ1n) is 10.3. The van der Waals surface area contributed by atoms with Crippen LogP contribution in [0.25, 0.3) is 21.5 Å². The van der Waals surface area contributed by atoms with Crippen LogP contribution in [0.1, 0.15) is 22.3 Å². The summed E-state index contributed by atoms with van der Waals surface area (Å²) in [7, 11) is 0. The SMILES string of the molecule is Oc1ccccc1Cc1cc2c(c3ccccc13)Oc1c(ccc3ccccc13)C2. The normalized spacial score (nSPS) is 12.4. The monoisotopic (exact) mass is 388 g/mol. The molecule has 6 rings (SSSR count). The lowest BCUT2D eigenvalue weighted by molar-refractivity contribution is 0.469. The van der Waals surface area contributed by atoms with Gasteiger partial charge in [0, 0.05) is 29.2 Å².